The number of rotatable bonds is 1. The minimum absolute atomic E-state index is 0.912. The molecule has 0 unspecified atom stereocenters. The molecule has 2 aromatic carbocycles. The largest absolute Gasteiger partial charge is 0.456 e. The first-order chi connectivity index (χ1) is 9.81. The molecule has 0 aliphatic carbocycles. The Morgan fingerprint density at radius 1 is 0.750 bits per heavy atom. The van der Waals surface area contributed by atoms with Crippen molar-refractivity contribution in [3.8, 4) is 11.1 Å². The molecule has 0 aliphatic rings. The highest BCUT2D eigenvalue weighted by atomic mass is 79.9. The molecule has 0 amide bonds. The molecular formula is C17H10BrNO. The predicted octanol–water partition coefficient (Wildman–Crippen LogP) is 5.41. The Balaban J connectivity index is 2.03. The zero-order chi connectivity index (χ0) is 13.5. The molecule has 4 rings (SSSR count). The summed E-state index contributed by atoms with van der Waals surface area (Å²) in [6.07, 6.45) is 3.62. The summed E-state index contributed by atoms with van der Waals surface area (Å²) in [5.41, 5.74) is 4.15. The van der Waals surface area contributed by atoms with Crippen LogP contribution >= 0.6 is 15.9 Å². The summed E-state index contributed by atoms with van der Waals surface area (Å²) in [5.74, 6) is 0. The fraction of sp³-hybridized carbons (Fsp3) is 0. The van der Waals surface area contributed by atoms with E-state index < -0.39 is 0 Å². The van der Waals surface area contributed by atoms with Gasteiger partial charge in [0.1, 0.15) is 11.2 Å². The number of pyridine rings is 1. The Bertz CT molecular complexity index is 912. The van der Waals surface area contributed by atoms with Crippen molar-refractivity contribution in [3.05, 3.63) is 65.4 Å². The van der Waals surface area contributed by atoms with E-state index in [4.69, 9.17) is 4.42 Å². The van der Waals surface area contributed by atoms with E-state index in [1.165, 1.54) is 5.56 Å². The molecule has 20 heavy (non-hydrogen) atoms. The van der Waals surface area contributed by atoms with E-state index in [9.17, 15) is 0 Å². The molecule has 96 valence electrons. The standard InChI is InChI=1S/C17H10BrNO/c18-13-2-4-17-15(10-13)14-9-12(1-3-16(14)20-17)11-5-7-19-8-6-11/h1-10H. The van der Waals surface area contributed by atoms with E-state index in [1.807, 2.05) is 42.7 Å². The van der Waals surface area contributed by atoms with Crippen LogP contribution in [0.3, 0.4) is 0 Å². The molecule has 0 saturated heterocycles. The lowest BCUT2D eigenvalue weighted by atomic mass is 10.0. The molecule has 0 spiro atoms. The third-order valence-corrected chi connectivity index (χ3v) is 3.94. The van der Waals surface area contributed by atoms with Crippen LogP contribution in [0.5, 0.6) is 0 Å². The van der Waals surface area contributed by atoms with E-state index in [0.29, 0.717) is 0 Å². The van der Waals surface area contributed by atoms with Crippen molar-refractivity contribution in [2.75, 3.05) is 0 Å². The Morgan fingerprint density at radius 3 is 2.25 bits per heavy atom. The van der Waals surface area contributed by atoms with Crippen LogP contribution in [0.2, 0.25) is 0 Å². The van der Waals surface area contributed by atoms with Gasteiger partial charge in [0.15, 0.2) is 0 Å². The number of aromatic nitrogens is 1. The number of fused-ring (bicyclic) bond motifs is 3. The molecule has 2 aromatic heterocycles. The van der Waals surface area contributed by atoms with Gasteiger partial charge in [0.2, 0.25) is 0 Å². The average molecular weight is 324 g/mol. The minimum atomic E-state index is 0.912. The number of nitrogens with zero attached hydrogens (tertiary/aromatic N) is 1. The number of benzene rings is 2. The van der Waals surface area contributed by atoms with Crippen molar-refractivity contribution in [1.82, 2.24) is 4.98 Å². The number of hydrogen-bond acceptors (Lipinski definition) is 2. The maximum atomic E-state index is 5.87. The van der Waals surface area contributed by atoms with Gasteiger partial charge >= 0.3 is 0 Å². The number of halogens is 1. The third-order valence-electron chi connectivity index (χ3n) is 3.44. The van der Waals surface area contributed by atoms with Crippen LogP contribution in [0, 0.1) is 0 Å². The lowest BCUT2D eigenvalue weighted by molar-refractivity contribution is 0.669. The van der Waals surface area contributed by atoms with E-state index in [2.05, 4.69) is 39.1 Å². The topological polar surface area (TPSA) is 26.0 Å². The summed E-state index contributed by atoms with van der Waals surface area (Å²) in [4.78, 5) is 4.06. The third kappa shape index (κ3) is 1.82. The fourth-order valence-electron chi connectivity index (χ4n) is 2.47. The molecule has 4 aromatic rings. The van der Waals surface area contributed by atoms with E-state index >= 15 is 0 Å². The first kappa shape index (κ1) is 11.7. The Labute approximate surface area is 124 Å². The monoisotopic (exact) mass is 323 g/mol. The van der Waals surface area contributed by atoms with E-state index in [1.54, 1.807) is 0 Å². The zero-order valence-corrected chi connectivity index (χ0v) is 12.1. The summed E-state index contributed by atoms with van der Waals surface area (Å²) in [5, 5.41) is 2.26. The number of hydrogen-bond donors (Lipinski definition) is 0. The maximum Gasteiger partial charge on any atom is 0.135 e. The first-order valence-electron chi connectivity index (χ1n) is 6.33. The molecule has 0 aliphatic heterocycles. The molecule has 0 bridgehead atoms. The summed E-state index contributed by atoms with van der Waals surface area (Å²) in [6, 6.07) is 16.4. The second kappa shape index (κ2) is 4.46. The van der Waals surface area contributed by atoms with Gasteiger partial charge < -0.3 is 4.42 Å². The van der Waals surface area contributed by atoms with Gasteiger partial charge in [-0.05, 0) is 53.6 Å². The van der Waals surface area contributed by atoms with Gasteiger partial charge in [-0.1, -0.05) is 22.0 Å². The fourth-order valence-corrected chi connectivity index (χ4v) is 2.83. The van der Waals surface area contributed by atoms with Crippen LogP contribution < -0.4 is 0 Å². The van der Waals surface area contributed by atoms with Gasteiger partial charge in [0.05, 0.1) is 0 Å². The van der Waals surface area contributed by atoms with Crippen LogP contribution in [0.4, 0.5) is 0 Å². The Hall–Kier alpha value is -2.13. The van der Waals surface area contributed by atoms with E-state index in [-0.39, 0.29) is 0 Å². The quantitative estimate of drug-likeness (QED) is 0.468. The highest BCUT2D eigenvalue weighted by molar-refractivity contribution is 9.10. The van der Waals surface area contributed by atoms with Crippen LogP contribution in [0.25, 0.3) is 33.1 Å². The molecule has 0 fully saturated rings. The highest BCUT2D eigenvalue weighted by Gasteiger charge is 2.08. The molecule has 2 nitrogen and oxygen atoms in total. The predicted molar refractivity (Wildman–Crippen MR) is 84.7 cm³/mol. The molecule has 2 heterocycles. The van der Waals surface area contributed by atoms with Crippen molar-refractivity contribution < 1.29 is 4.42 Å². The molecule has 0 atom stereocenters. The van der Waals surface area contributed by atoms with E-state index in [0.717, 1.165) is 32.0 Å². The Morgan fingerprint density at radius 2 is 1.45 bits per heavy atom. The van der Waals surface area contributed by atoms with Gasteiger partial charge in [-0.15, -0.1) is 0 Å². The van der Waals surface area contributed by atoms with Gasteiger partial charge in [-0.2, -0.15) is 0 Å². The summed E-state index contributed by atoms with van der Waals surface area (Å²) < 4.78 is 6.92. The van der Waals surface area contributed by atoms with Crippen LogP contribution in [-0.4, -0.2) is 4.98 Å². The summed E-state index contributed by atoms with van der Waals surface area (Å²) in [6.45, 7) is 0. The smallest absolute Gasteiger partial charge is 0.135 e. The van der Waals surface area contributed by atoms with Crippen molar-refractivity contribution in [3.63, 3.8) is 0 Å². The summed E-state index contributed by atoms with van der Waals surface area (Å²) >= 11 is 3.52. The van der Waals surface area contributed by atoms with Gasteiger partial charge in [-0.3, -0.25) is 4.98 Å². The highest BCUT2D eigenvalue weighted by Crippen LogP contribution is 2.33. The van der Waals surface area contributed by atoms with Crippen LogP contribution in [0.1, 0.15) is 0 Å². The van der Waals surface area contributed by atoms with Crippen molar-refractivity contribution >= 4 is 37.9 Å². The van der Waals surface area contributed by atoms with Gasteiger partial charge in [0.25, 0.3) is 0 Å². The SMILES string of the molecule is Brc1ccc2oc3ccc(-c4ccncc4)cc3c2c1. The van der Waals surface area contributed by atoms with Crippen molar-refractivity contribution in [2.24, 2.45) is 0 Å². The lowest BCUT2D eigenvalue weighted by Gasteiger charge is -2.00. The van der Waals surface area contributed by atoms with Gasteiger partial charge in [0, 0.05) is 27.6 Å². The molecule has 0 N–H and O–H groups in total. The molecule has 0 radical (unpaired) electrons. The number of furan rings is 1. The van der Waals surface area contributed by atoms with Crippen LogP contribution in [0.15, 0.2) is 69.8 Å². The Kier molecular flexibility index (Phi) is 2.60. The summed E-state index contributed by atoms with van der Waals surface area (Å²) in [7, 11) is 0. The molecule has 0 saturated carbocycles. The minimum Gasteiger partial charge on any atom is -0.456 e. The second-order valence-corrected chi connectivity index (χ2v) is 5.61. The normalized spacial score (nSPS) is 11.2. The maximum absolute atomic E-state index is 5.87. The van der Waals surface area contributed by atoms with Crippen LogP contribution in [-0.2, 0) is 0 Å². The van der Waals surface area contributed by atoms with Crippen molar-refractivity contribution in [1.29, 1.82) is 0 Å². The first-order valence-corrected chi connectivity index (χ1v) is 7.13. The molecular weight excluding hydrogens is 314 g/mol. The second-order valence-electron chi connectivity index (χ2n) is 4.69. The van der Waals surface area contributed by atoms with Gasteiger partial charge in [-0.25, -0.2) is 0 Å². The molecule has 3 heteroatoms. The zero-order valence-electron chi connectivity index (χ0n) is 10.5. The lowest BCUT2D eigenvalue weighted by Crippen LogP contribution is -1.78. The average Bonchev–Trinajstić information content (AvgIpc) is 2.85. The van der Waals surface area contributed by atoms with Crippen molar-refractivity contribution in [2.45, 2.75) is 0 Å².